The van der Waals surface area contributed by atoms with E-state index in [2.05, 4.69) is 23.4 Å². The summed E-state index contributed by atoms with van der Waals surface area (Å²) in [6.45, 7) is 6.60. The van der Waals surface area contributed by atoms with Crippen molar-refractivity contribution >= 4 is 11.6 Å². The Labute approximate surface area is 124 Å². The van der Waals surface area contributed by atoms with E-state index in [-0.39, 0.29) is 6.04 Å². The van der Waals surface area contributed by atoms with Crippen molar-refractivity contribution in [2.24, 2.45) is 5.73 Å². The van der Waals surface area contributed by atoms with Crippen molar-refractivity contribution in [1.29, 1.82) is 0 Å². The maximum Gasteiger partial charge on any atom is 0.130 e. The highest BCUT2D eigenvalue weighted by Gasteiger charge is 2.11. The van der Waals surface area contributed by atoms with E-state index in [4.69, 9.17) is 22.1 Å². The first-order valence-corrected chi connectivity index (χ1v) is 7.05. The van der Waals surface area contributed by atoms with Crippen LogP contribution in [0.3, 0.4) is 0 Å². The fraction of sp³-hybridized carbons (Fsp3) is 0.400. The number of ether oxygens (including phenoxy) is 1. The van der Waals surface area contributed by atoms with Crippen molar-refractivity contribution in [3.8, 4) is 5.75 Å². The molecule has 0 aliphatic heterocycles. The maximum absolute atomic E-state index is 6.00. The Hall–Kier alpha value is -1.52. The summed E-state index contributed by atoms with van der Waals surface area (Å²) in [5, 5.41) is 0.664. The Balaban J connectivity index is 2.17. The van der Waals surface area contributed by atoms with E-state index in [0.29, 0.717) is 17.7 Å². The van der Waals surface area contributed by atoms with E-state index in [1.165, 1.54) is 0 Å². The quantitative estimate of drug-likeness (QED) is 0.914. The third-order valence-corrected chi connectivity index (χ3v) is 3.38. The van der Waals surface area contributed by atoms with Crippen molar-refractivity contribution < 1.29 is 4.74 Å². The van der Waals surface area contributed by atoms with Crippen molar-refractivity contribution in [2.45, 2.75) is 39.5 Å². The maximum atomic E-state index is 6.00. The summed E-state index contributed by atoms with van der Waals surface area (Å²) in [7, 11) is 0. The summed E-state index contributed by atoms with van der Waals surface area (Å²) in [4.78, 5) is 4.16. The molecule has 0 saturated heterocycles. The average Bonchev–Trinajstić information content (AvgIpc) is 2.85. The minimum atomic E-state index is -0.126. The topological polar surface area (TPSA) is 53.1 Å². The fourth-order valence-electron chi connectivity index (χ4n) is 2.07. The Morgan fingerprint density at radius 2 is 2.10 bits per heavy atom. The molecule has 4 nitrogen and oxygen atoms in total. The number of halogens is 1. The molecule has 1 heterocycles. The van der Waals surface area contributed by atoms with Crippen LogP contribution in [0.2, 0.25) is 5.02 Å². The van der Waals surface area contributed by atoms with Gasteiger partial charge >= 0.3 is 0 Å². The molecule has 2 rings (SSSR count). The number of hydrogen-bond acceptors (Lipinski definition) is 3. The molecule has 0 amide bonds. The number of rotatable bonds is 5. The standard InChI is InChI=1S/C15H20ClN3O/c1-10(2)19-9-18-7-13(19)8-20-15-5-4-12(16)6-14(15)11(3)17/h4-7,9-11H,8,17H2,1-3H3. The SMILES string of the molecule is CC(N)c1cc(Cl)ccc1OCc1cncn1C(C)C. The van der Waals surface area contributed by atoms with E-state index in [0.717, 1.165) is 17.0 Å². The van der Waals surface area contributed by atoms with Gasteiger partial charge in [0.25, 0.3) is 0 Å². The molecule has 0 radical (unpaired) electrons. The summed E-state index contributed by atoms with van der Waals surface area (Å²) < 4.78 is 7.97. The van der Waals surface area contributed by atoms with Crippen molar-refractivity contribution in [1.82, 2.24) is 9.55 Å². The first-order chi connectivity index (χ1) is 9.49. The summed E-state index contributed by atoms with van der Waals surface area (Å²) in [5.41, 5.74) is 7.90. The van der Waals surface area contributed by atoms with Gasteiger partial charge in [-0.3, -0.25) is 0 Å². The molecule has 1 aromatic heterocycles. The zero-order valence-electron chi connectivity index (χ0n) is 12.0. The minimum Gasteiger partial charge on any atom is -0.487 e. The molecular formula is C15H20ClN3O. The molecule has 1 atom stereocenters. The summed E-state index contributed by atoms with van der Waals surface area (Å²) >= 11 is 6.00. The van der Waals surface area contributed by atoms with Gasteiger partial charge in [-0.25, -0.2) is 4.98 Å². The van der Waals surface area contributed by atoms with Gasteiger partial charge in [0, 0.05) is 22.7 Å². The van der Waals surface area contributed by atoms with Crippen LogP contribution in [0.1, 0.15) is 44.1 Å². The summed E-state index contributed by atoms with van der Waals surface area (Å²) in [6.07, 6.45) is 3.64. The average molecular weight is 294 g/mol. The smallest absolute Gasteiger partial charge is 0.130 e. The van der Waals surface area contributed by atoms with Crippen LogP contribution in [-0.2, 0) is 6.61 Å². The van der Waals surface area contributed by atoms with E-state index < -0.39 is 0 Å². The largest absolute Gasteiger partial charge is 0.487 e. The highest BCUT2D eigenvalue weighted by atomic mass is 35.5. The van der Waals surface area contributed by atoms with Crippen molar-refractivity contribution in [3.05, 3.63) is 47.0 Å². The molecule has 2 aromatic rings. The zero-order valence-corrected chi connectivity index (χ0v) is 12.8. The van der Waals surface area contributed by atoms with Crippen LogP contribution in [0.15, 0.2) is 30.7 Å². The first-order valence-electron chi connectivity index (χ1n) is 6.67. The van der Waals surface area contributed by atoms with Gasteiger partial charge in [0.2, 0.25) is 0 Å². The molecule has 108 valence electrons. The number of nitrogens with two attached hydrogens (primary N) is 1. The van der Waals surface area contributed by atoms with Gasteiger partial charge in [0.15, 0.2) is 0 Å². The second-order valence-corrected chi connectivity index (χ2v) is 5.58. The van der Waals surface area contributed by atoms with Gasteiger partial charge in [-0.1, -0.05) is 11.6 Å². The number of nitrogens with zero attached hydrogens (tertiary/aromatic N) is 2. The summed E-state index contributed by atoms with van der Waals surface area (Å²) in [5.74, 6) is 0.765. The highest BCUT2D eigenvalue weighted by molar-refractivity contribution is 6.30. The Bertz CT molecular complexity index is 578. The van der Waals surface area contributed by atoms with Crippen molar-refractivity contribution in [2.75, 3.05) is 0 Å². The van der Waals surface area contributed by atoms with Gasteiger partial charge in [-0.15, -0.1) is 0 Å². The van der Waals surface area contributed by atoms with Gasteiger partial charge in [0.1, 0.15) is 12.4 Å². The van der Waals surface area contributed by atoms with Crippen LogP contribution < -0.4 is 10.5 Å². The molecule has 20 heavy (non-hydrogen) atoms. The molecule has 5 heteroatoms. The number of aromatic nitrogens is 2. The molecule has 0 bridgehead atoms. The summed E-state index contributed by atoms with van der Waals surface area (Å²) in [6, 6.07) is 5.74. The van der Waals surface area contributed by atoms with E-state index in [1.807, 2.05) is 37.6 Å². The van der Waals surface area contributed by atoms with Crippen LogP contribution in [0.4, 0.5) is 0 Å². The van der Waals surface area contributed by atoms with Crippen LogP contribution >= 0.6 is 11.6 Å². The molecule has 0 spiro atoms. The molecule has 2 N–H and O–H groups in total. The molecule has 1 aromatic carbocycles. The van der Waals surface area contributed by atoms with Gasteiger partial charge in [-0.05, 0) is 39.0 Å². The Morgan fingerprint density at radius 3 is 2.75 bits per heavy atom. The third kappa shape index (κ3) is 3.32. The molecule has 1 unspecified atom stereocenters. The van der Waals surface area contributed by atoms with E-state index >= 15 is 0 Å². The number of imidazole rings is 1. The fourth-order valence-corrected chi connectivity index (χ4v) is 2.25. The monoisotopic (exact) mass is 293 g/mol. The highest BCUT2D eigenvalue weighted by Crippen LogP contribution is 2.28. The van der Waals surface area contributed by atoms with Crippen LogP contribution in [0.25, 0.3) is 0 Å². The zero-order chi connectivity index (χ0) is 14.7. The lowest BCUT2D eigenvalue weighted by Gasteiger charge is -2.16. The van der Waals surface area contributed by atoms with E-state index in [1.54, 1.807) is 0 Å². The second-order valence-electron chi connectivity index (χ2n) is 5.15. The van der Waals surface area contributed by atoms with Crippen LogP contribution in [0, 0.1) is 0 Å². The van der Waals surface area contributed by atoms with E-state index in [9.17, 15) is 0 Å². The van der Waals surface area contributed by atoms with Crippen molar-refractivity contribution in [3.63, 3.8) is 0 Å². The minimum absolute atomic E-state index is 0.126. The molecule has 0 aliphatic rings. The van der Waals surface area contributed by atoms with Crippen LogP contribution in [-0.4, -0.2) is 9.55 Å². The Kier molecular flexibility index (Phi) is 4.68. The Morgan fingerprint density at radius 1 is 1.35 bits per heavy atom. The lowest BCUT2D eigenvalue weighted by Crippen LogP contribution is -2.10. The lowest BCUT2D eigenvalue weighted by molar-refractivity contribution is 0.288. The number of benzene rings is 1. The van der Waals surface area contributed by atoms with Gasteiger partial charge < -0.3 is 15.0 Å². The lowest BCUT2D eigenvalue weighted by atomic mass is 10.1. The van der Waals surface area contributed by atoms with Gasteiger partial charge in [0.05, 0.1) is 18.2 Å². The molecule has 0 aliphatic carbocycles. The molecule has 0 fully saturated rings. The number of hydrogen-bond donors (Lipinski definition) is 1. The van der Waals surface area contributed by atoms with Crippen LogP contribution in [0.5, 0.6) is 5.75 Å². The predicted molar refractivity (Wildman–Crippen MR) is 81.0 cm³/mol. The third-order valence-electron chi connectivity index (χ3n) is 3.14. The first kappa shape index (κ1) is 14.9. The van der Waals surface area contributed by atoms with Gasteiger partial charge in [-0.2, -0.15) is 0 Å². The predicted octanol–water partition coefficient (Wildman–Crippen LogP) is 3.72. The normalized spacial score (nSPS) is 12.7. The molecular weight excluding hydrogens is 274 g/mol. The molecule has 0 saturated carbocycles. The second kappa shape index (κ2) is 6.29.